The van der Waals surface area contributed by atoms with Gasteiger partial charge in [-0.05, 0) is 47.8 Å². The first kappa shape index (κ1) is 22.1. The summed E-state index contributed by atoms with van der Waals surface area (Å²) in [5, 5.41) is 8.01. The maximum absolute atomic E-state index is 4.58. The Bertz CT molecular complexity index is 826. The van der Waals surface area contributed by atoms with E-state index in [0.717, 1.165) is 25.5 Å². The molecule has 1 saturated carbocycles. The van der Waals surface area contributed by atoms with E-state index in [-0.39, 0.29) is 24.0 Å². The molecule has 2 aromatic rings. The van der Waals surface area contributed by atoms with Crippen LogP contribution in [0, 0.1) is 5.92 Å². The van der Waals surface area contributed by atoms with E-state index < -0.39 is 0 Å². The van der Waals surface area contributed by atoms with Crippen molar-refractivity contribution in [3.63, 3.8) is 0 Å². The number of aliphatic imine (C=N–C) groups is 1. The number of halogens is 1. The maximum atomic E-state index is 4.58. The van der Waals surface area contributed by atoms with Crippen LogP contribution in [0.2, 0.25) is 0 Å². The molecule has 1 aromatic heterocycles. The van der Waals surface area contributed by atoms with E-state index in [9.17, 15) is 0 Å². The molecule has 3 atom stereocenters. The normalized spacial score (nSPS) is 24.0. The topological polar surface area (TPSA) is 45.5 Å². The van der Waals surface area contributed by atoms with E-state index >= 15 is 0 Å². The van der Waals surface area contributed by atoms with E-state index in [4.69, 9.17) is 0 Å². The molecule has 6 heteroatoms. The molecule has 0 amide bonds. The summed E-state index contributed by atoms with van der Waals surface area (Å²) in [4.78, 5) is 7.01. The fourth-order valence-electron chi connectivity index (χ4n) is 4.42. The monoisotopic (exact) mass is 507 g/mol. The smallest absolute Gasteiger partial charge is 0.193 e. The predicted octanol–water partition coefficient (Wildman–Crippen LogP) is 4.16. The Labute approximate surface area is 192 Å². The third-order valence-corrected chi connectivity index (χ3v) is 6.22. The molecule has 158 valence electrons. The van der Waals surface area contributed by atoms with Crippen molar-refractivity contribution in [1.82, 2.24) is 20.0 Å². The van der Waals surface area contributed by atoms with E-state index in [1.54, 1.807) is 0 Å². The van der Waals surface area contributed by atoms with Crippen LogP contribution >= 0.6 is 24.0 Å². The average Bonchev–Trinajstić information content (AvgIpc) is 3.09. The number of benzene rings is 1. The second kappa shape index (κ2) is 9.49. The minimum absolute atomic E-state index is 0. The molecule has 1 aromatic carbocycles. The summed E-state index contributed by atoms with van der Waals surface area (Å²) >= 11 is 0. The second-order valence-corrected chi connectivity index (χ2v) is 8.79. The molecular formula is C23H34IN5. The quantitative estimate of drug-likeness (QED) is 0.376. The van der Waals surface area contributed by atoms with Gasteiger partial charge in [0, 0.05) is 45.3 Å². The van der Waals surface area contributed by atoms with Crippen molar-refractivity contribution < 1.29 is 0 Å². The van der Waals surface area contributed by atoms with Crippen molar-refractivity contribution in [1.29, 1.82) is 0 Å². The highest BCUT2D eigenvalue weighted by atomic mass is 127. The lowest BCUT2D eigenvalue weighted by Gasteiger charge is -2.22. The number of likely N-dealkylation sites (tertiary alicyclic amines) is 1. The van der Waals surface area contributed by atoms with Crippen LogP contribution in [0.3, 0.4) is 0 Å². The summed E-state index contributed by atoms with van der Waals surface area (Å²) in [5.74, 6) is 2.96. The Morgan fingerprint density at radius 2 is 2.03 bits per heavy atom. The Morgan fingerprint density at radius 3 is 2.66 bits per heavy atom. The van der Waals surface area contributed by atoms with E-state index in [2.05, 4.69) is 64.6 Å². The van der Waals surface area contributed by atoms with Crippen molar-refractivity contribution in [2.24, 2.45) is 18.0 Å². The van der Waals surface area contributed by atoms with Gasteiger partial charge >= 0.3 is 0 Å². The first-order chi connectivity index (χ1) is 13.5. The third-order valence-electron chi connectivity index (χ3n) is 6.22. The second-order valence-electron chi connectivity index (χ2n) is 8.79. The highest BCUT2D eigenvalue weighted by Crippen LogP contribution is 2.41. The Hall–Kier alpha value is -1.57. The van der Waals surface area contributed by atoms with Gasteiger partial charge in [-0.2, -0.15) is 5.10 Å². The lowest BCUT2D eigenvalue weighted by atomic mass is 10.0. The summed E-state index contributed by atoms with van der Waals surface area (Å²) < 4.78 is 1.89. The number of guanidine groups is 1. The van der Waals surface area contributed by atoms with Crippen LogP contribution in [0.25, 0.3) is 0 Å². The number of nitrogens with one attached hydrogen (secondary N) is 1. The number of aryl methyl sites for hydroxylation is 1. The van der Waals surface area contributed by atoms with Gasteiger partial charge < -0.3 is 10.2 Å². The standard InChI is InChI=1S/C23H33N5.HI/c1-16(2)19-5-7-20(8-6-19)21-12-22(21)26-23(24-3)28-10-9-17(15-28)11-18-13-25-27(4)14-18;/h5-8,13-14,16-17,21-22H,9-12,15H2,1-4H3,(H,24,26);1H. The number of aromatic nitrogens is 2. The van der Waals surface area contributed by atoms with Gasteiger partial charge in [0.25, 0.3) is 0 Å². The van der Waals surface area contributed by atoms with E-state index in [0.29, 0.717) is 23.8 Å². The molecule has 0 bridgehead atoms. The predicted molar refractivity (Wildman–Crippen MR) is 130 cm³/mol. The largest absolute Gasteiger partial charge is 0.353 e. The fourth-order valence-corrected chi connectivity index (χ4v) is 4.42. The summed E-state index contributed by atoms with van der Waals surface area (Å²) in [6.45, 7) is 6.66. The molecule has 2 heterocycles. The van der Waals surface area contributed by atoms with Crippen molar-refractivity contribution in [3.05, 3.63) is 53.3 Å². The van der Waals surface area contributed by atoms with E-state index in [1.807, 2.05) is 25.0 Å². The van der Waals surface area contributed by atoms with Crippen molar-refractivity contribution in [2.45, 2.75) is 51.0 Å². The molecule has 1 aliphatic carbocycles. The van der Waals surface area contributed by atoms with Gasteiger partial charge in [0.1, 0.15) is 0 Å². The van der Waals surface area contributed by atoms with Crippen LogP contribution in [0.15, 0.2) is 41.7 Å². The van der Waals surface area contributed by atoms with Gasteiger partial charge in [-0.15, -0.1) is 24.0 Å². The number of rotatable bonds is 5. The molecule has 29 heavy (non-hydrogen) atoms. The van der Waals surface area contributed by atoms with Gasteiger partial charge in [-0.25, -0.2) is 0 Å². The lowest BCUT2D eigenvalue weighted by molar-refractivity contribution is 0.459. The minimum Gasteiger partial charge on any atom is -0.353 e. The number of nitrogens with zero attached hydrogens (tertiary/aromatic N) is 4. The number of hydrogen-bond acceptors (Lipinski definition) is 2. The van der Waals surface area contributed by atoms with Gasteiger partial charge in [0.2, 0.25) is 0 Å². The maximum Gasteiger partial charge on any atom is 0.193 e. The highest BCUT2D eigenvalue weighted by Gasteiger charge is 2.40. The lowest BCUT2D eigenvalue weighted by Crippen LogP contribution is -2.41. The van der Waals surface area contributed by atoms with Crippen LogP contribution in [-0.2, 0) is 13.5 Å². The van der Waals surface area contributed by atoms with Crippen molar-refractivity contribution in [3.8, 4) is 0 Å². The first-order valence-corrected chi connectivity index (χ1v) is 10.6. The van der Waals surface area contributed by atoms with Gasteiger partial charge in [0.15, 0.2) is 5.96 Å². The van der Waals surface area contributed by atoms with Crippen LogP contribution in [0.4, 0.5) is 0 Å². The molecule has 3 unspecified atom stereocenters. The zero-order valence-electron chi connectivity index (χ0n) is 18.0. The zero-order chi connectivity index (χ0) is 19.7. The molecule has 1 N–H and O–H groups in total. The molecule has 2 fully saturated rings. The first-order valence-electron chi connectivity index (χ1n) is 10.6. The van der Waals surface area contributed by atoms with Gasteiger partial charge in [-0.3, -0.25) is 9.67 Å². The Balaban J connectivity index is 0.00000240. The fraction of sp³-hybridized carbons (Fsp3) is 0.565. The zero-order valence-corrected chi connectivity index (χ0v) is 20.3. The van der Waals surface area contributed by atoms with Gasteiger partial charge in [-0.1, -0.05) is 38.1 Å². The summed E-state index contributed by atoms with van der Waals surface area (Å²) in [7, 11) is 3.89. The molecule has 5 nitrogen and oxygen atoms in total. The SMILES string of the molecule is CN=C(NC1CC1c1ccc(C(C)C)cc1)N1CCC(Cc2cnn(C)c2)C1.I. The van der Waals surface area contributed by atoms with Crippen LogP contribution in [0.1, 0.15) is 55.2 Å². The van der Waals surface area contributed by atoms with E-state index in [1.165, 1.54) is 29.5 Å². The molecule has 4 rings (SSSR count). The van der Waals surface area contributed by atoms with Crippen LogP contribution in [-0.4, -0.2) is 46.8 Å². The van der Waals surface area contributed by atoms with Crippen LogP contribution < -0.4 is 5.32 Å². The molecule has 1 aliphatic heterocycles. The summed E-state index contributed by atoms with van der Waals surface area (Å²) in [5.41, 5.74) is 4.21. The number of hydrogen-bond donors (Lipinski definition) is 1. The molecule has 0 spiro atoms. The molecule has 2 aliphatic rings. The third kappa shape index (κ3) is 5.32. The van der Waals surface area contributed by atoms with Crippen molar-refractivity contribution >= 4 is 29.9 Å². The molecule has 0 radical (unpaired) electrons. The Morgan fingerprint density at radius 1 is 1.28 bits per heavy atom. The van der Waals surface area contributed by atoms with Crippen molar-refractivity contribution in [2.75, 3.05) is 20.1 Å². The van der Waals surface area contributed by atoms with Gasteiger partial charge in [0.05, 0.1) is 6.20 Å². The Kier molecular flexibility index (Phi) is 7.24. The minimum atomic E-state index is 0. The summed E-state index contributed by atoms with van der Waals surface area (Å²) in [6.07, 6.45) is 7.66. The highest BCUT2D eigenvalue weighted by molar-refractivity contribution is 14.0. The average molecular weight is 507 g/mol. The summed E-state index contributed by atoms with van der Waals surface area (Å²) in [6, 6.07) is 9.71. The molecule has 1 saturated heterocycles. The molecular weight excluding hydrogens is 473 g/mol. The van der Waals surface area contributed by atoms with Crippen LogP contribution in [0.5, 0.6) is 0 Å².